The average Bonchev–Trinajstić information content (AvgIpc) is 2.49. The Labute approximate surface area is 83.3 Å². The molecular weight excluding hydrogens is 174 g/mol. The minimum absolute atomic E-state index is 0.668. The van der Waals surface area contributed by atoms with Crippen LogP contribution in [-0.4, -0.2) is 16.5 Å². The molecule has 0 unspecified atom stereocenters. The highest BCUT2D eigenvalue weighted by molar-refractivity contribution is 5.82. The van der Waals surface area contributed by atoms with Crippen LogP contribution in [0.15, 0.2) is 12.3 Å². The summed E-state index contributed by atoms with van der Waals surface area (Å²) in [4.78, 5) is 7.78. The number of nitrogens with two attached hydrogens (primary N) is 1. The molecule has 0 atom stereocenters. The Balaban J connectivity index is 2.66. The van der Waals surface area contributed by atoms with E-state index in [9.17, 15) is 0 Å². The molecule has 0 fully saturated rings. The summed E-state index contributed by atoms with van der Waals surface area (Å²) in [7, 11) is 0. The highest BCUT2D eigenvalue weighted by Gasteiger charge is 2.06. The highest BCUT2D eigenvalue weighted by Crippen LogP contribution is 2.20. The van der Waals surface area contributed by atoms with E-state index in [1.807, 2.05) is 13.1 Å². The molecule has 2 rings (SSSR count). The van der Waals surface area contributed by atoms with E-state index in [2.05, 4.69) is 23.0 Å². The molecule has 0 radical (unpaired) electrons. The van der Waals surface area contributed by atoms with Crippen LogP contribution in [-0.2, 0) is 6.42 Å². The molecule has 0 saturated heterocycles. The van der Waals surface area contributed by atoms with Gasteiger partial charge in [0.25, 0.3) is 0 Å². The van der Waals surface area contributed by atoms with E-state index < -0.39 is 0 Å². The van der Waals surface area contributed by atoms with Crippen molar-refractivity contribution in [2.75, 3.05) is 6.54 Å². The number of rotatable bonds is 2. The maximum Gasteiger partial charge on any atom is 0.0917 e. The van der Waals surface area contributed by atoms with Crippen molar-refractivity contribution < 1.29 is 0 Å². The molecular formula is C11H15N3. The number of aromatic nitrogens is 2. The average molecular weight is 189 g/mol. The van der Waals surface area contributed by atoms with Gasteiger partial charge in [-0.1, -0.05) is 0 Å². The molecule has 14 heavy (non-hydrogen) atoms. The predicted octanol–water partition coefficient (Wildman–Crippen LogP) is 1.68. The van der Waals surface area contributed by atoms with Gasteiger partial charge in [-0.15, -0.1) is 0 Å². The summed E-state index contributed by atoms with van der Waals surface area (Å²) in [5.74, 6) is 0. The fraction of sp³-hybridized carbons (Fsp3) is 0.364. The van der Waals surface area contributed by atoms with Crippen LogP contribution in [0.4, 0.5) is 0 Å². The molecule has 74 valence electrons. The molecule has 2 aromatic rings. The quantitative estimate of drug-likeness (QED) is 0.755. The third-order valence-corrected chi connectivity index (χ3v) is 2.45. The summed E-state index contributed by atoms with van der Waals surface area (Å²) >= 11 is 0. The molecule has 2 aromatic heterocycles. The van der Waals surface area contributed by atoms with Gasteiger partial charge in [-0.2, -0.15) is 0 Å². The van der Waals surface area contributed by atoms with Crippen molar-refractivity contribution in [2.24, 2.45) is 5.73 Å². The van der Waals surface area contributed by atoms with Gasteiger partial charge in [0, 0.05) is 11.9 Å². The smallest absolute Gasteiger partial charge is 0.0917 e. The topological polar surface area (TPSA) is 54.7 Å². The lowest BCUT2D eigenvalue weighted by Gasteiger charge is -2.00. The Morgan fingerprint density at radius 2 is 2.21 bits per heavy atom. The maximum atomic E-state index is 5.55. The van der Waals surface area contributed by atoms with Gasteiger partial charge in [0.2, 0.25) is 0 Å². The fourth-order valence-electron chi connectivity index (χ4n) is 1.83. The molecule has 0 aromatic carbocycles. The maximum absolute atomic E-state index is 5.55. The van der Waals surface area contributed by atoms with E-state index in [0.717, 1.165) is 23.1 Å². The normalized spacial score (nSPS) is 11.1. The van der Waals surface area contributed by atoms with E-state index in [1.54, 1.807) is 0 Å². The SMILES string of the molecule is Cc1cc(C)c2[nH]cc(CCN)c2n1. The lowest BCUT2D eigenvalue weighted by Crippen LogP contribution is -2.02. The summed E-state index contributed by atoms with van der Waals surface area (Å²) in [6, 6.07) is 2.09. The van der Waals surface area contributed by atoms with E-state index in [1.165, 1.54) is 11.1 Å². The number of nitrogens with one attached hydrogen (secondary N) is 1. The second-order valence-electron chi connectivity index (χ2n) is 3.66. The zero-order chi connectivity index (χ0) is 10.1. The molecule has 2 heterocycles. The number of aromatic amines is 1. The zero-order valence-electron chi connectivity index (χ0n) is 8.59. The van der Waals surface area contributed by atoms with E-state index in [-0.39, 0.29) is 0 Å². The van der Waals surface area contributed by atoms with Crippen LogP contribution in [0.3, 0.4) is 0 Å². The molecule has 3 heteroatoms. The number of hydrogen-bond acceptors (Lipinski definition) is 2. The minimum Gasteiger partial charge on any atom is -0.359 e. The zero-order valence-corrected chi connectivity index (χ0v) is 8.59. The van der Waals surface area contributed by atoms with Crippen LogP contribution >= 0.6 is 0 Å². The lowest BCUT2D eigenvalue weighted by atomic mass is 10.1. The van der Waals surface area contributed by atoms with Gasteiger partial charge in [-0.05, 0) is 44.0 Å². The number of fused-ring (bicyclic) bond motifs is 1. The second-order valence-corrected chi connectivity index (χ2v) is 3.66. The number of H-pyrrole nitrogens is 1. The molecule has 0 bridgehead atoms. The van der Waals surface area contributed by atoms with Crippen molar-refractivity contribution in [3.05, 3.63) is 29.1 Å². The minimum atomic E-state index is 0.668. The Bertz CT molecular complexity index is 457. The third-order valence-electron chi connectivity index (χ3n) is 2.45. The van der Waals surface area contributed by atoms with Crippen molar-refractivity contribution in [3.8, 4) is 0 Å². The predicted molar refractivity (Wildman–Crippen MR) is 58.3 cm³/mol. The van der Waals surface area contributed by atoms with Crippen molar-refractivity contribution in [1.29, 1.82) is 0 Å². The van der Waals surface area contributed by atoms with Crippen molar-refractivity contribution in [3.63, 3.8) is 0 Å². The first-order valence-electron chi connectivity index (χ1n) is 4.86. The Kier molecular flexibility index (Phi) is 2.25. The van der Waals surface area contributed by atoms with E-state index in [4.69, 9.17) is 5.73 Å². The summed E-state index contributed by atoms with van der Waals surface area (Å²) in [5.41, 5.74) is 11.3. The van der Waals surface area contributed by atoms with Gasteiger partial charge in [-0.25, -0.2) is 0 Å². The van der Waals surface area contributed by atoms with Crippen molar-refractivity contribution in [1.82, 2.24) is 9.97 Å². The highest BCUT2D eigenvalue weighted by atomic mass is 14.8. The Hall–Kier alpha value is -1.35. The first kappa shape index (κ1) is 9.21. The first-order valence-corrected chi connectivity index (χ1v) is 4.86. The van der Waals surface area contributed by atoms with Crippen LogP contribution in [0, 0.1) is 13.8 Å². The molecule has 0 aliphatic heterocycles. The van der Waals surface area contributed by atoms with Gasteiger partial charge >= 0.3 is 0 Å². The van der Waals surface area contributed by atoms with Gasteiger partial charge in [-0.3, -0.25) is 4.98 Å². The van der Waals surface area contributed by atoms with Crippen LogP contribution in [0.2, 0.25) is 0 Å². The Morgan fingerprint density at radius 1 is 1.43 bits per heavy atom. The standard InChI is InChI=1S/C11H15N3/c1-7-5-8(2)14-11-9(3-4-12)6-13-10(7)11/h5-6,13H,3-4,12H2,1-2H3. The molecule has 0 amide bonds. The van der Waals surface area contributed by atoms with Crippen LogP contribution in [0.5, 0.6) is 0 Å². The summed E-state index contributed by atoms with van der Waals surface area (Å²) < 4.78 is 0. The summed E-state index contributed by atoms with van der Waals surface area (Å²) in [5, 5.41) is 0. The molecule has 3 nitrogen and oxygen atoms in total. The second kappa shape index (κ2) is 3.42. The molecule has 0 saturated carbocycles. The number of nitrogens with zero attached hydrogens (tertiary/aromatic N) is 1. The third kappa shape index (κ3) is 1.40. The van der Waals surface area contributed by atoms with Gasteiger partial charge in [0.1, 0.15) is 0 Å². The largest absolute Gasteiger partial charge is 0.359 e. The number of aryl methyl sites for hydroxylation is 2. The van der Waals surface area contributed by atoms with Gasteiger partial charge in [0.05, 0.1) is 11.0 Å². The Morgan fingerprint density at radius 3 is 2.93 bits per heavy atom. The van der Waals surface area contributed by atoms with Crippen molar-refractivity contribution >= 4 is 11.0 Å². The van der Waals surface area contributed by atoms with E-state index in [0.29, 0.717) is 6.54 Å². The number of pyridine rings is 1. The van der Waals surface area contributed by atoms with Crippen LogP contribution in [0.1, 0.15) is 16.8 Å². The van der Waals surface area contributed by atoms with Gasteiger partial charge < -0.3 is 10.7 Å². The van der Waals surface area contributed by atoms with E-state index >= 15 is 0 Å². The fourth-order valence-corrected chi connectivity index (χ4v) is 1.83. The monoisotopic (exact) mass is 189 g/mol. The lowest BCUT2D eigenvalue weighted by molar-refractivity contribution is 0.972. The van der Waals surface area contributed by atoms with Crippen LogP contribution in [0.25, 0.3) is 11.0 Å². The number of hydrogen-bond donors (Lipinski definition) is 2. The molecule has 0 aliphatic rings. The molecule has 0 spiro atoms. The van der Waals surface area contributed by atoms with Crippen molar-refractivity contribution in [2.45, 2.75) is 20.3 Å². The summed E-state index contributed by atoms with van der Waals surface area (Å²) in [6.45, 7) is 4.78. The summed E-state index contributed by atoms with van der Waals surface area (Å²) in [6.07, 6.45) is 2.90. The molecule has 3 N–H and O–H groups in total. The first-order chi connectivity index (χ1) is 6.72. The van der Waals surface area contributed by atoms with Gasteiger partial charge in [0.15, 0.2) is 0 Å². The van der Waals surface area contributed by atoms with Crippen LogP contribution < -0.4 is 5.73 Å². The molecule has 0 aliphatic carbocycles.